The minimum atomic E-state index is -4.10. The largest absolute Gasteiger partial charge is 0.497 e. The van der Waals surface area contributed by atoms with E-state index in [0.717, 1.165) is 15.1 Å². The van der Waals surface area contributed by atoms with Gasteiger partial charge in [-0.05, 0) is 47.2 Å². The van der Waals surface area contributed by atoms with Crippen molar-refractivity contribution in [2.45, 2.75) is 4.90 Å². The van der Waals surface area contributed by atoms with Crippen molar-refractivity contribution in [1.82, 2.24) is 5.32 Å². The summed E-state index contributed by atoms with van der Waals surface area (Å²) in [5, 5.41) is 4.90. The zero-order chi connectivity index (χ0) is 26.3. The molecule has 9 heteroatoms. The summed E-state index contributed by atoms with van der Waals surface area (Å²) < 4.78 is 44.6. The fraction of sp³-hybridized carbons (Fsp3) is 0.179. The van der Waals surface area contributed by atoms with E-state index in [1.165, 1.54) is 32.4 Å². The molecule has 8 nitrogen and oxygen atoms in total. The SMILES string of the molecule is COc1ccc(OC)c(N(CC(=O)NCCOc2ccc3ccccc3c2)S(=O)(=O)c2ccccc2)c1. The predicted molar refractivity (Wildman–Crippen MR) is 143 cm³/mol. The first-order valence-electron chi connectivity index (χ1n) is 11.6. The molecular formula is C28H28N2O6S. The van der Waals surface area contributed by atoms with E-state index >= 15 is 0 Å². The Balaban J connectivity index is 1.48. The maximum atomic E-state index is 13.6. The number of sulfonamides is 1. The van der Waals surface area contributed by atoms with Crippen LogP contribution in [-0.2, 0) is 14.8 Å². The van der Waals surface area contributed by atoms with E-state index < -0.39 is 22.5 Å². The second-order valence-corrected chi connectivity index (χ2v) is 9.93. The molecule has 0 saturated carbocycles. The molecule has 1 N–H and O–H groups in total. The van der Waals surface area contributed by atoms with Crippen molar-refractivity contribution in [2.75, 3.05) is 38.2 Å². The van der Waals surface area contributed by atoms with Gasteiger partial charge in [-0.15, -0.1) is 0 Å². The van der Waals surface area contributed by atoms with Crippen molar-refractivity contribution < 1.29 is 27.4 Å². The van der Waals surface area contributed by atoms with Gasteiger partial charge in [0.05, 0.1) is 31.3 Å². The number of amides is 1. The zero-order valence-electron chi connectivity index (χ0n) is 20.6. The van der Waals surface area contributed by atoms with Gasteiger partial charge in [0, 0.05) is 6.07 Å². The number of hydrogen-bond acceptors (Lipinski definition) is 6. The molecule has 0 saturated heterocycles. The first kappa shape index (κ1) is 25.8. The quantitative estimate of drug-likeness (QED) is 0.297. The summed E-state index contributed by atoms with van der Waals surface area (Å²) in [5.74, 6) is 0.898. The summed E-state index contributed by atoms with van der Waals surface area (Å²) >= 11 is 0. The predicted octanol–water partition coefficient (Wildman–Crippen LogP) is 4.25. The van der Waals surface area contributed by atoms with Crippen molar-refractivity contribution in [3.05, 3.63) is 91.0 Å². The van der Waals surface area contributed by atoms with E-state index in [2.05, 4.69) is 5.32 Å². The molecule has 0 unspecified atom stereocenters. The third kappa shape index (κ3) is 6.13. The summed E-state index contributed by atoms with van der Waals surface area (Å²) in [4.78, 5) is 12.9. The van der Waals surface area contributed by atoms with E-state index in [0.29, 0.717) is 11.5 Å². The van der Waals surface area contributed by atoms with Crippen molar-refractivity contribution in [3.63, 3.8) is 0 Å². The molecule has 0 fully saturated rings. The number of rotatable bonds is 11. The van der Waals surface area contributed by atoms with Crippen LogP contribution in [0.15, 0.2) is 95.9 Å². The Bertz CT molecular complexity index is 1470. The lowest BCUT2D eigenvalue weighted by Gasteiger charge is -2.26. The topological polar surface area (TPSA) is 94.2 Å². The molecule has 0 atom stereocenters. The van der Waals surface area contributed by atoms with Gasteiger partial charge in [0.15, 0.2) is 0 Å². The third-order valence-electron chi connectivity index (χ3n) is 5.69. The molecule has 4 aromatic rings. The molecule has 0 aliphatic heterocycles. The Morgan fingerprint density at radius 2 is 1.51 bits per heavy atom. The average molecular weight is 521 g/mol. The molecule has 4 rings (SSSR count). The van der Waals surface area contributed by atoms with Crippen molar-refractivity contribution in [3.8, 4) is 17.2 Å². The number of nitrogens with zero attached hydrogens (tertiary/aromatic N) is 1. The minimum absolute atomic E-state index is 0.0484. The summed E-state index contributed by atoms with van der Waals surface area (Å²) in [6.07, 6.45) is 0. The van der Waals surface area contributed by atoms with Crippen molar-refractivity contribution >= 4 is 32.4 Å². The van der Waals surface area contributed by atoms with Gasteiger partial charge in [0.2, 0.25) is 5.91 Å². The van der Waals surface area contributed by atoms with Crippen LogP contribution in [0.5, 0.6) is 17.2 Å². The lowest BCUT2D eigenvalue weighted by atomic mass is 10.1. The molecule has 1 amide bonds. The van der Waals surface area contributed by atoms with Crippen LogP contribution >= 0.6 is 0 Å². The van der Waals surface area contributed by atoms with Crippen LogP contribution < -0.4 is 23.8 Å². The van der Waals surface area contributed by atoms with E-state index in [9.17, 15) is 13.2 Å². The highest BCUT2D eigenvalue weighted by Crippen LogP contribution is 2.35. The van der Waals surface area contributed by atoms with Crippen LogP contribution in [0.4, 0.5) is 5.69 Å². The maximum Gasteiger partial charge on any atom is 0.264 e. The van der Waals surface area contributed by atoms with Gasteiger partial charge in [-0.1, -0.05) is 48.5 Å². The molecule has 0 radical (unpaired) electrons. The van der Waals surface area contributed by atoms with E-state index in [1.54, 1.807) is 30.3 Å². The number of nitrogens with one attached hydrogen (secondary N) is 1. The Hall–Kier alpha value is -4.24. The Morgan fingerprint density at radius 3 is 2.24 bits per heavy atom. The third-order valence-corrected chi connectivity index (χ3v) is 7.46. The van der Waals surface area contributed by atoms with Gasteiger partial charge in [0.25, 0.3) is 10.0 Å². The second-order valence-electron chi connectivity index (χ2n) is 8.07. The fourth-order valence-corrected chi connectivity index (χ4v) is 5.26. The molecule has 0 aromatic heterocycles. The maximum absolute atomic E-state index is 13.6. The second kappa shape index (κ2) is 11.7. The van der Waals surface area contributed by atoms with E-state index in [1.807, 2.05) is 42.5 Å². The van der Waals surface area contributed by atoms with Crippen LogP contribution in [0.3, 0.4) is 0 Å². The smallest absolute Gasteiger partial charge is 0.264 e. The molecule has 0 bridgehead atoms. The Kier molecular flexibility index (Phi) is 8.15. The molecule has 0 spiro atoms. The highest BCUT2D eigenvalue weighted by atomic mass is 32.2. The number of ether oxygens (including phenoxy) is 3. The molecule has 37 heavy (non-hydrogen) atoms. The van der Waals surface area contributed by atoms with Gasteiger partial charge in [-0.25, -0.2) is 8.42 Å². The number of benzene rings is 4. The van der Waals surface area contributed by atoms with E-state index in [4.69, 9.17) is 14.2 Å². The first-order valence-corrected chi connectivity index (χ1v) is 13.0. The minimum Gasteiger partial charge on any atom is -0.497 e. The standard InChI is InChI=1S/C28H28N2O6S/c1-34-23-14-15-27(35-2)26(19-23)30(37(32,33)25-10-4-3-5-11-25)20-28(31)29-16-17-36-24-13-12-21-8-6-7-9-22(21)18-24/h3-15,18-19H,16-17,20H2,1-2H3,(H,29,31). The van der Waals surface area contributed by atoms with Gasteiger partial charge >= 0.3 is 0 Å². The summed E-state index contributed by atoms with van der Waals surface area (Å²) in [6.45, 7) is -0.0468. The lowest BCUT2D eigenvalue weighted by molar-refractivity contribution is -0.119. The fourth-order valence-electron chi connectivity index (χ4n) is 3.81. The molecule has 0 heterocycles. The molecule has 0 aliphatic rings. The van der Waals surface area contributed by atoms with E-state index in [-0.39, 0.29) is 29.5 Å². The number of carbonyl (C=O) groups excluding carboxylic acids is 1. The molecule has 0 aliphatic carbocycles. The zero-order valence-corrected chi connectivity index (χ0v) is 21.4. The van der Waals surface area contributed by atoms with Crippen LogP contribution in [0, 0.1) is 0 Å². The van der Waals surface area contributed by atoms with Crippen LogP contribution in [0.1, 0.15) is 0 Å². The number of carbonyl (C=O) groups is 1. The number of hydrogen-bond donors (Lipinski definition) is 1. The lowest BCUT2D eigenvalue weighted by Crippen LogP contribution is -2.42. The number of fused-ring (bicyclic) bond motifs is 1. The van der Waals surface area contributed by atoms with Crippen LogP contribution in [0.2, 0.25) is 0 Å². The van der Waals surface area contributed by atoms with Crippen LogP contribution in [-0.4, -0.2) is 48.2 Å². The molecule has 4 aromatic carbocycles. The van der Waals surface area contributed by atoms with Crippen LogP contribution in [0.25, 0.3) is 10.8 Å². The first-order chi connectivity index (χ1) is 17.9. The van der Waals surface area contributed by atoms with Gasteiger partial charge in [-0.3, -0.25) is 9.10 Å². The average Bonchev–Trinajstić information content (AvgIpc) is 2.94. The van der Waals surface area contributed by atoms with Crippen molar-refractivity contribution in [1.29, 1.82) is 0 Å². The van der Waals surface area contributed by atoms with Crippen molar-refractivity contribution in [2.24, 2.45) is 0 Å². The van der Waals surface area contributed by atoms with Gasteiger partial charge in [0.1, 0.15) is 30.4 Å². The normalized spacial score (nSPS) is 11.1. The summed E-state index contributed by atoms with van der Waals surface area (Å²) in [6, 6.07) is 26.4. The summed E-state index contributed by atoms with van der Waals surface area (Å²) in [5.41, 5.74) is 0.188. The molecular weight excluding hydrogens is 492 g/mol. The molecule has 192 valence electrons. The summed E-state index contributed by atoms with van der Waals surface area (Å²) in [7, 11) is -1.19. The van der Waals surface area contributed by atoms with Gasteiger partial charge in [-0.2, -0.15) is 0 Å². The monoisotopic (exact) mass is 520 g/mol. The Morgan fingerprint density at radius 1 is 0.811 bits per heavy atom. The van der Waals surface area contributed by atoms with Gasteiger partial charge < -0.3 is 19.5 Å². The number of anilines is 1. The highest BCUT2D eigenvalue weighted by Gasteiger charge is 2.29. The highest BCUT2D eigenvalue weighted by molar-refractivity contribution is 7.92. The Labute approximate surface area is 216 Å². The number of methoxy groups -OCH3 is 2.